The molecule has 0 amide bonds. The molecule has 0 N–H and O–H groups in total. The van der Waals surface area contributed by atoms with E-state index in [0.29, 0.717) is 5.15 Å². The highest BCUT2D eigenvalue weighted by atomic mass is 79.9. The first-order chi connectivity index (χ1) is 5.70. The van der Waals surface area contributed by atoms with E-state index in [4.69, 9.17) is 11.6 Å². The highest BCUT2D eigenvalue weighted by Crippen LogP contribution is 2.24. The molecule has 0 atom stereocenters. The highest BCUT2D eigenvalue weighted by molar-refractivity contribution is 9.10. The van der Waals surface area contributed by atoms with Gasteiger partial charge in [0.2, 0.25) is 0 Å². The van der Waals surface area contributed by atoms with Gasteiger partial charge in [-0.2, -0.15) is 0 Å². The van der Waals surface area contributed by atoms with Crippen LogP contribution in [0.5, 0.6) is 0 Å². The van der Waals surface area contributed by atoms with Crippen molar-refractivity contribution in [1.29, 1.82) is 0 Å². The molecule has 0 aromatic carbocycles. The summed E-state index contributed by atoms with van der Waals surface area (Å²) in [5.74, 6) is 0. The quantitative estimate of drug-likeness (QED) is 0.697. The number of hydrogen-bond donors (Lipinski definition) is 0. The fourth-order valence-corrected chi connectivity index (χ4v) is 1.78. The minimum Gasteiger partial charge on any atom is -0.316 e. The molecule has 0 bridgehead atoms. The molecule has 0 aliphatic heterocycles. The van der Waals surface area contributed by atoms with Crippen LogP contribution in [0.1, 0.15) is 5.69 Å². The van der Waals surface area contributed by atoms with E-state index in [-0.39, 0.29) is 0 Å². The third-order valence-electron chi connectivity index (χ3n) is 1.84. The number of hydrogen-bond acceptors (Lipinski definition) is 1. The molecule has 0 radical (unpaired) electrons. The number of aryl methyl sites for hydroxylation is 1. The van der Waals surface area contributed by atoms with Crippen molar-refractivity contribution in [2.45, 2.75) is 6.92 Å². The van der Waals surface area contributed by atoms with Crippen LogP contribution in [0.15, 0.2) is 22.9 Å². The Bertz CT molecular complexity index is 436. The number of halogens is 2. The van der Waals surface area contributed by atoms with Crippen molar-refractivity contribution < 1.29 is 0 Å². The van der Waals surface area contributed by atoms with E-state index in [0.717, 1.165) is 15.7 Å². The standard InChI is InChI=1S/C8H6BrClN2/c1-5-6(9)4-7-8(10)11-2-3-12(5)7/h2-4H,1H3. The van der Waals surface area contributed by atoms with E-state index in [1.165, 1.54) is 0 Å². The summed E-state index contributed by atoms with van der Waals surface area (Å²) in [5.41, 5.74) is 2.07. The first-order valence-electron chi connectivity index (χ1n) is 3.48. The molecule has 2 heterocycles. The Hall–Kier alpha value is -0.540. The van der Waals surface area contributed by atoms with Gasteiger partial charge in [-0.3, -0.25) is 0 Å². The maximum Gasteiger partial charge on any atom is 0.153 e. The molecule has 0 spiro atoms. The van der Waals surface area contributed by atoms with Gasteiger partial charge in [0.05, 0.1) is 5.52 Å². The van der Waals surface area contributed by atoms with Crippen molar-refractivity contribution in [2.75, 3.05) is 0 Å². The van der Waals surface area contributed by atoms with Crippen LogP contribution in [0.25, 0.3) is 5.52 Å². The van der Waals surface area contributed by atoms with Gasteiger partial charge in [0, 0.05) is 22.6 Å². The molecule has 4 heteroatoms. The molecular formula is C8H6BrClN2. The summed E-state index contributed by atoms with van der Waals surface area (Å²) >= 11 is 9.32. The number of fused-ring (bicyclic) bond motifs is 1. The van der Waals surface area contributed by atoms with Crippen molar-refractivity contribution in [3.8, 4) is 0 Å². The van der Waals surface area contributed by atoms with Gasteiger partial charge in [-0.25, -0.2) is 4.98 Å². The van der Waals surface area contributed by atoms with E-state index in [2.05, 4.69) is 20.9 Å². The van der Waals surface area contributed by atoms with Crippen molar-refractivity contribution in [3.05, 3.63) is 33.8 Å². The molecule has 2 nitrogen and oxygen atoms in total. The molecule has 0 aliphatic rings. The van der Waals surface area contributed by atoms with E-state index < -0.39 is 0 Å². The van der Waals surface area contributed by atoms with Gasteiger partial charge < -0.3 is 4.40 Å². The van der Waals surface area contributed by atoms with Crippen molar-refractivity contribution in [2.24, 2.45) is 0 Å². The van der Waals surface area contributed by atoms with Gasteiger partial charge in [0.1, 0.15) is 0 Å². The predicted molar refractivity (Wildman–Crippen MR) is 52.6 cm³/mol. The topological polar surface area (TPSA) is 17.3 Å². The van der Waals surface area contributed by atoms with Gasteiger partial charge in [-0.1, -0.05) is 11.6 Å². The fourth-order valence-electron chi connectivity index (χ4n) is 1.17. The molecule has 0 saturated heterocycles. The zero-order valence-electron chi connectivity index (χ0n) is 6.38. The predicted octanol–water partition coefficient (Wildman–Crippen LogP) is 3.06. The Morgan fingerprint density at radius 3 is 3.00 bits per heavy atom. The molecule has 62 valence electrons. The van der Waals surface area contributed by atoms with Gasteiger partial charge in [-0.15, -0.1) is 0 Å². The zero-order valence-corrected chi connectivity index (χ0v) is 8.72. The Labute approximate surface area is 83.3 Å². The second-order valence-electron chi connectivity index (χ2n) is 2.55. The lowest BCUT2D eigenvalue weighted by Gasteiger charge is -1.97. The largest absolute Gasteiger partial charge is 0.316 e. The minimum atomic E-state index is 0.534. The third kappa shape index (κ3) is 1.04. The van der Waals surface area contributed by atoms with Crippen LogP contribution in [-0.2, 0) is 0 Å². The van der Waals surface area contributed by atoms with Crippen LogP contribution in [0, 0.1) is 6.92 Å². The monoisotopic (exact) mass is 244 g/mol. The summed E-state index contributed by atoms with van der Waals surface area (Å²) in [6, 6.07) is 1.96. The lowest BCUT2D eigenvalue weighted by molar-refractivity contribution is 1.07. The average molecular weight is 246 g/mol. The van der Waals surface area contributed by atoms with Crippen LogP contribution in [0.3, 0.4) is 0 Å². The van der Waals surface area contributed by atoms with Crippen molar-refractivity contribution >= 4 is 33.0 Å². The van der Waals surface area contributed by atoms with Crippen LogP contribution >= 0.6 is 27.5 Å². The molecule has 0 unspecified atom stereocenters. The lowest BCUT2D eigenvalue weighted by Crippen LogP contribution is -1.87. The van der Waals surface area contributed by atoms with Gasteiger partial charge in [0.25, 0.3) is 0 Å². The second-order valence-corrected chi connectivity index (χ2v) is 3.76. The molecule has 2 rings (SSSR count). The van der Waals surface area contributed by atoms with Crippen molar-refractivity contribution in [1.82, 2.24) is 9.38 Å². The molecule has 12 heavy (non-hydrogen) atoms. The summed E-state index contributed by atoms with van der Waals surface area (Å²) in [5, 5.41) is 0.534. The third-order valence-corrected chi connectivity index (χ3v) is 2.94. The maximum absolute atomic E-state index is 5.89. The smallest absolute Gasteiger partial charge is 0.153 e. The molecule has 0 fully saturated rings. The summed E-state index contributed by atoms with van der Waals surface area (Å²) in [4.78, 5) is 3.99. The first-order valence-corrected chi connectivity index (χ1v) is 4.65. The molecule has 2 aromatic rings. The Balaban J connectivity index is 2.95. The average Bonchev–Trinajstić information content (AvgIpc) is 2.32. The minimum absolute atomic E-state index is 0.534. The zero-order chi connectivity index (χ0) is 8.72. The molecule has 0 aliphatic carbocycles. The van der Waals surface area contributed by atoms with Gasteiger partial charge in [-0.05, 0) is 28.9 Å². The van der Waals surface area contributed by atoms with E-state index >= 15 is 0 Å². The molecule has 0 saturated carbocycles. The molecular weight excluding hydrogens is 239 g/mol. The summed E-state index contributed by atoms with van der Waals surface area (Å²) in [7, 11) is 0. The fraction of sp³-hybridized carbons (Fsp3) is 0.125. The SMILES string of the molecule is Cc1c(Br)cc2c(Cl)nccn12. The number of rotatable bonds is 0. The van der Waals surface area contributed by atoms with Crippen LogP contribution in [0.4, 0.5) is 0 Å². The van der Waals surface area contributed by atoms with Gasteiger partial charge >= 0.3 is 0 Å². The van der Waals surface area contributed by atoms with E-state index in [1.807, 2.05) is 23.6 Å². The van der Waals surface area contributed by atoms with E-state index in [9.17, 15) is 0 Å². The number of nitrogens with zero attached hydrogens (tertiary/aromatic N) is 2. The maximum atomic E-state index is 5.89. The van der Waals surface area contributed by atoms with Crippen LogP contribution in [-0.4, -0.2) is 9.38 Å². The Morgan fingerprint density at radius 2 is 2.33 bits per heavy atom. The summed E-state index contributed by atoms with van der Waals surface area (Å²) in [6.45, 7) is 2.02. The Kier molecular flexibility index (Phi) is 1.85. The van der Waals surface area contributed by atoms with Crippen molar-refractivity contribution in [3.63, 3.8) is 0 Å². The summed E-state index contributed by atoms with van der Waals surface area (Å²) < 4.78 is 3.05. The first kappa shape index (κ1) is 8.08. The summed E-state index contributed by atoms with van der Waals surface area (Å²) in [6.07, 6.45) is 3.58. The Morgan fingerprint density at radius 1 is 1.58 bits per heavy atom. The normalized spacial score (nSPS) is 10.9. The van der Waals surface area contributed by atoms with Gasteiger partial charge in [0.15, 0.2) is 5.15 Å². The van der Waals surface area contributed by atoms with E-state index in [1.54, 1.807) is 6.20 Å². The molecule has 2 aromatic heterocycles. The number of aromatic nitrogens is 2. The highest BCUT2D eigenvalue weighted by Gasteiger charge is 2.05. The van der Waals surface area contributed by atoms with Crippen LogP contribution < -0.4 is 0 Å². The lowest BCUT2D eigenvalue weighted by atomic mass is 10.5. The van der Waals surface area contributed by atoms with Crippen LogP contribution in [0.2, 0.25) is 5.15 Å². The second kappa shape index (κ2) is 2.75.